The van der Waals surface area contributed by atoms with Gasteiger partial charge in [-0.15, -0.1) is 0 Å². The lowest BCUT2D eigenvalue weighted by atomic mass is 10.0. The molecule has 1 aromatic carbocycles. The summed E-state index contributed by atoms with van der Waals surface area (Å²) in [6.45, 7) is 9.80. The van der Waals surface area contributed by atoms with E-state index in [4.69, 9.17) is 0 Å². The van der Waals surface area contributed by atoms with Gasteiger partial charge in [0, 0.05) is 11.6 Å². The molecule has 110 valence electrons. The smallest absolute Gasteiger partial charge is 0.230 e. The van der Waals surface area contributed by atoms with Crippen molar-refractivity contribution in [3.63, 3.8) is 0 Å². The molecule has 2 atom stereocenters. The van der Waals surface area contributed by atoms with Crippen LogP contribution in [0.5, 0.6) is 0 Å². The summed E-state index contributed by atoms with van der Waals surface area (Å²) in [5.41, 5.74) is 3.27. The Balaban J connectivity index is 1.82. The zero-order chi connectivity index (χ0) is 14.5. The molecule has 0 aliphatic carbocycles. The standard InChI is InChI=1S/C17H26N2O/c1-13-6-7-15(3)16(11-13)18-17(20)8-10-19-9-4-5-14(2)12-19/h6-7,11,14H,4-5,8-10,12H2,1-3H3,(H,18,20)/p+1/t14-/m0/s1. The number of piperidine rings is 1. The molecule has 0 saturated carbocycles. The first-order valence-corrected chi connectivity index (χ1v) is 7.75. The third-order valence-electron chi connectivity index (χ3n) is 4.24. The van der Waals surface area contributed by atoms with Crippen LogP contribution in [-0.4, -0.2) is 25.5 Å². The van der Waals surface area contributed by atoms with Crippen molar-refractivity contribution in [2.75, 3.05) is 25.0 Å². The highest BCUT2D eigenvalue weighted by molar-refractivity contribution is 5.91. The number of hydrogen-bond acceptors (Lipinski definition) is 1. The molecule has 2 rings (SSSR count). The van der Waals surface area contributed by atoms with E-state index in [-0.39, 0.29) is 5.91 Å². The van der Waals surface area contributed by atoms with Gasteiger partial charge in [0.1, 0.15) is 0 Å². The molecule has 1 aromatic rings. The number of carbonyl (C=O) groups excluding carboxylic acids is 1. The molecule has 1 aliphatic rings. The van der Waals surface area contributed by atoms with Crippen molar-refractivity contribution in [3.8, 4) is 0 Å². The number of rotatable bonds is 4. The SMILES string of the molecule is Cc1ccc(C)c(NC(=O)CC[NH+]2CCC[C@H](C)C2)c1. The van der Waals surface area contributed by atoms with Crippen LogP contribution >= 0.6 is 0 Å². The highest BCUT2D eigenvalue weighted by atomic mass is 16.1. The Morgan fingerprint density at radius 3 is 2.95 bits per heavy atom. The number of quaternary nitrogens is 1. The lowest BCUT2D eigenvalue weighted by Crippen LogP contribution is -3.13. The summed E-state index contributed by atoms with van der Waals surface area (Å²) in [4.78, 5) is 13.7. The van der Waals surface area contributed by atoms with E-state index in [1.807, 2.05) is 19.9 Å². The quantitative estimate of drug-likeness (QED) is 0.865. The van der Waals surface area contributed by atoms with Crippen molar-refractivity contribution in [2.24, 2.45) is 5.92 Å². The van der Waals surface area contributed by atoms with Crippen LogP contribution in [0.4, 0.5) is 5.69 Å². The summed E-state index contributed by atoms with van der Waals surface area (Å²) in [5, 5.41) is 3.05. The van der Waals surface area contributed by atoms with Gasteiger partial charge in [-0.05, 0) is 43.9 Å². The number of amides is 1. The van der Waals surface area contributed by atoms with Gasteiger partial charge in [0.15, 0.2) is 0 Å². The Morgan fingerprint density at radius 2 is 2.20 bits per heavy atom. The molecule has 0 aromatic heterocycles. The van der Waals surface area contributed by atoms with Crippen LogP contribution in [0.15, 0.2) is 18.2 Å². The predicted molar refractivity (Wildman–Crippen MR) is 83.1 cm³/mol. The van der Waals surface area contributed by atoms with Crippen LogP contribution in [0.2, 0.25) is 0 Å². The number of hydrogen-bond donors (Lipinski definition) is 2. The Bertz CT molecular complexity index is 470. The minimum Gasteiger partial charge on any atom is -0.334 e. The number of likely N-dealkylation sites (tertiary alicyclic amines) is 1. The Morgan fingerprint density at radius 1 is 1.40 bits per heavy atom. The van der Waals surface area contributed by atoms with E-state index in [0.717, 1.165) is 23.7 Å². The van der Waals surface area contributed by atoms with Gasteiger partial charge in [0.25, 0.3) is 0 Å². The molecular weight excluding hydrogens is 248 g/mol. The van der Waals surface area contributed by atoms with E-state index in [0.29, 0.717) is 6.42 Å². The highest BCUT2D eigenvalue weighted by Crippen LogP contribution is 2.16. The van der Waals surface area contributed by atoms with Gasteiger partial charge in [-0.25, -0.2) is 0 Å². The summed E-state index contributed by atoms with van der Waals surface area (Å²) < 4.78 is 0. The molecule has 0 radical (unpaired) electrons. The molecule has 1 aliphatic heterocycles. The maximum atomic E-state index is 12.1. The molecule has 1 amide bonds. The molecule has 1 unspecified atom stereocenters. The van der Waals surface area contributed by atoms with Gasteiger partial charge in [-0.2, -0.15) is 0 Å². The van der Waals surface area contributed by atoms with Gasteiger partial charge in [-0.3, -0.25) is 4.79 Å². The van der Waals surface area contributed by atoms with Crippen LogP contribution in [-0.2, 0) is 4.79 Å². The summed E-state index contributed by atoms with van der Waals surface area (Å²) in [5.74, 6) is 0.949. The second kappa shape index (κ2) is 6.89. The van der Waals surface area contributed by atoms with E-state index in [9.17, 15) is 4.79 Å². The second-order valence-electron chi connectivity index (χ2n) is 6.32. The molecule has 1 saturated heterocycles. The van der Waals surface area contributed by atoms with Crippen molar-refractivity contribution in [2.45, 2.75) is 40.0 Å². The summed E-state index contributed by atoms with van der Waals surface area (Å²) in [7, 11) is 0. The molecule has 1 heterocycles. The van der Waals surface area contributed by atoms with E-state index >= 15 is 0 Å². The average molecular weight is 275 g/mol. The molecule has 0 spiro atoms. The fraction of sp³-hybridized carbons (Fsp3) is 0.588. The Labute approximate surface area is 122 Å². The van der Waals surface area contributed by atoms with Crippen molar-refractivity contribution < 1.29 is 9.69 Å². The van der Waals surface area contributed by atoms with E-state index in [1.165, 1.54) is 31.5 Å². The third kappa shape index (κ3) is 4.34. The van der Waals surface area contributed by atoms with Gasteiger partial charge < -0.3 is 10.2 Å². The second-order valence-corrected chi connectivity index (χ2v) is 6.32. The Kier molecular flexibility index (Phi) is 5.18. The van der Waals surface area contributed by atoms with Gasteiger partial charge >= 0.3 is 0 Å². The summed E-state index contributed by atoms with van der Waals surface area (Å²) in [6, 6.07) is 6.18. The van der Waals surface area contributed by atoms with E-state index < -0.39 is 0 Å². The highest BCUT2D eigenvalue weighted by Gasteiger charge is 2.20. The zero-order valence-electron chi connectivity index (χ0n) is 13.0. The molecule has 0 bridgehead atoms. The molecule has 3 nitrogen and oxygen atoms in total. The first-order valence-electron chi connectivity index (χ1n) is 7.75. The van der Waals surface area contributed by atoms with Crippen LogP contribution in [0, 0.1) is 19.8 Å². The number of nitrogens with one attached hydrogen (secondary N) is 2. The minimum atomic E-state index is 0.143. The Hall–Kier alpha value is -1.35. The van der Waals surface area contributed by atoms with Gasteiger partial charge in [0.05, 0.1) is 26.1 Å². The maximum Gasteiger partial charge on any atom is 0.230 e. The lowest BCUT2D eigenvalue weighted by Gasteiger charge is -2.27. The lowest BCUT2D eigenvalue weighted by molar-refractivity contribution is -0.907. The average Bonchev–Trinajstić information content (AvgIpc) is 2.41. The largest absolute Gasteiger partial charge is 0.334 e. The number of anilines is 1. The number of aryl methyl sites for hydroxylation is 2. The predicted octanol–water partition coefficient (Wildman–Crippen LogP) is 1.95. The molecule has 20 heavy (non-hydrogen) atoms. The van der Waals surface area contributed by atoms with Crippen LogP contribution in [0.1, 0.15) is 37.3 Å². The summed E-state index contributed by atoms with van der Waals surface area (Å²) in [6.07, 6.45) is 3.27. The van der Waals surface area contributed by atoms with Gasteiger partial charge in [0.2, 0.25) is 5.91 Å². The normalized spacial score (nSPS) is 22.6. The number of carbonyl (C=O) groups is 1. The fourth-order valence-electron chi connectivity index (χ4n) is 3.00. The minimum absolute atomic E-state index is 0.143. The molecule has 3 heteroatoms. The first kappa shape index (κ1) is 15.0. The fourth-order valence-corrected chi connectivity index (χ4v) is 3.00. The molecule has 1 fully saturated rings. The van der Waals surface area contributed by atoms with Crippen molar-refractivity contribution >= 4 is 11.6 Å². The van der Waals surface area contributed by atoms with Gasteiger partial charge in [-0.1, -0.05) is 19.1 Å². The monoisotopic (exact) mass is 275 g/mol. The van der Waals surface area contributed by atoms with E-state index in [1.54, 1.807) is 4.90 Å². The van der Waals surface area contributed by atoms with Crippen molar-refractivity contribution in [3.05, 3.63) is 29.3 Å². The van der Waals surface area contributed by atoms with Crippen LogP contribution in [0.3, 0.4) is 0 Å². The molecular formula is C17H27N2O+. The van der Waals surface area contributed by atoms with Crippen molar-refractivity contribution in [1.82, 2.24) is 0 Å². The topological polar surface area (TPSA) is 33.5 Å². The molecule has 2 N–H and O–H groups in total. The van der Waals surface area contributed by atoms with E-state index in [2.05, 4.69) is 24.4 Å². The van der Waals surface area contributed by atoms with Crippen molar-refractivity contribution in [1.29, 1.82) is 0 Å². The number of benzene rings is 1. The third-order valence-corrected chi connectivity index (χ3v) is 4.24. The summed E-state index contributed by atoms with van der Waals surface area (Å²) >= 11 is 0. The maximum absolute atomic E-state index is 12.1. The van der Waals surface area contributed by atoms with Crippen LogP contribution in [0.25, 0.3) is 0 Å². The zero-order valence-corrected chi connectivity index (χ0v) is 13.0. The van der Waals surface area contributed by atoms with Crippen LogP contribution < -0.4 is 10.2 Å². The first-order chi connectivity index (χ1) is 9.54.